The van der Waals surface area contributed by atoms with Crippen molar-refractivity contribution in [2.75, 3.05) is 20.3 Å². The number of carbonyl (C=O) groups is 2. The molecule has 0 saturated carbocycles. The highest BCUT2D eigenvalue weighted by Crippen LogP contribution is 2.33. The topological polar surface area (TPSA) is 65.1 Å². The molecule has 1 aromatic carbocycles. The molecule has 1 heterocycles. The third kappa shape index (κ3) is 5.42. The molecule has 1 aliphatic rings. The molecule has 0 radical (unpaired) electrons. The van der Waals surface area contributed by atoms with Crippen molar-refractivity contribution in [3.05, 3.63) is 35.9 Å². The zero-order chi connectivity index (χ0) is 19.4. The van der Waals surface area contributed by atoms with Gasteiger partial charge in [0.05, 0.1) is 13.2 Å². The molecule has 1 saturated heterocycles. The third-order valence-corrected chi connectivity index (χ3v) is 3.92. The highest BCUT2D eigenvalue weighted by molar-refractivity contribution is 5.82. The molecule has 26 heavy (non-hydrogen) atoms. The van der Waals surface area contributed by atoms with Crippen LogP contribution in [0.1, 0.15) is 32.8 Å². The number of amides is 1. The van der Waals surface area contributed by atoms with Gasteiger partial charge >= 0.3 is 12.1 Å². The second kappa shape index (κ2) is 8.03. The number of carbonyl (C=O) groups excluding carboxylic acids is 2. The maximum Gasteiger partial charge on any atom is 0.411 e. The SMILES string of the molecule is COC[C@]1(F)C[C@@H](C(=O)OCc2ccccc2)N(C(=O)OC(C)(C)C)C1. The summed E-state index contributed by atoms with van der Waals surface area (Å²) in [6, 6.07) is 8.10. The van der Waals surface area contributed by atoms with Gasteiger partial charge in [-0.05, 0) is 26.3 Å². The number of nitrogens with zero attached hydrogens (tertiary/aromatic N) is 1. The molecule has 0 spiro atoms. The van der Waals surface area contributed by atoms with E-state index < -0.39 is 29.4 Å². The number of benzene rings is 1. The van der Waals surface area contributed by atoms with E-state index in [0.29, 0.717) is 0 Å². The number of esters is 1. The molecule has 1 aliphatic heterocycles. The molecule has 1 amide bonds. The molecule has 0 aromatic heterocycles. The highest BCUT2D eigenvalue weighted by Gasteiger charge is 2.51. The molecule has 0 aliphatic carbocycles. The Hall–Kier alpha value is -2.15. The summed E-state index contributed by atoms with van der Waals surface area (Å²) in [6.07, 6.45) is -0.928. The molecule has 1 fully saturated rings. The first-order chi connectivity index (χ1) is 12.1. The molecule has 144 valence electrons. The Labute approximate surface area is 153 Å². The van der Waals surface area contributed by atoms with E-state index in [2.05, 4.69) is 0 Å². The number of methoxy groups -OCH3 is 1. The van der Waals surface area contributed by atoms with Crippen molar-refractivity contribution < 1.29 is 28.2 Å². The lowest BCUT2D eigenvalue weighted by Crippen LogP contribution is -2.44. The normalized spacial score (nSPS) is 23.0. The number of alkyl halides is 1. The molecular formula is C19H26FNO5. The van der Waals surface area contributed by atoms with Gasteiger partial charge in [-0.15, -0.1) is 0 Å². The second-order valence-electron chi connectivity index (χ2n) is 7.51. The summed E-state index contributed by atoms with van der Waals surface area (Å²) in [5, 5.41) is 0. The van der Waals surface area contributed by atoms with Gasteiger partial charge in [-0.3, -0.25) is 4.90 Å². The fourth-order valence-electron chi connectivity index (χ4n) is 2.85. The molecule has 2 rings (SSSR count). The van der Waals surface area contributed by atoms with E-state index in [1.165, 1.54) is 7.11 Å². The number of halogens is 1. The fraction of sp³-hybridized carbons (Fsp3) is 0.579. The van der Waals surface area contributed by atoms with Gasteiger partial charge in [0.1, 0.15) is 18.2 Å². The molecule has 0 N–H and O–H groups in total. The minimum Gasteiger partial charge on any atom is -0.459 e. The molecule has 2 atom stereocenters. The predicted octanol–water partition coefficient (Wildman–Crippen LogP) is 3.09. The Balaban J connectivity index is 2.10. The van der Waals surface area contributed by atoms with Crippen molar-refractivity contribution in [3.8, 4) is 0 Å². The monoisotopic (exact) mass is 367 g/mol. The van der Waals surface area contributed by atoms with Gasteiger partial charge in [-0.25, -0.2) is 14.0 Å². The first kappa shape index (κ1) is 20.2. The summed E-state index contributed by atoms with van der Waals surface area (Å²) in [6.45, 7) is 4.70. The van der Waals surface area contributed by atoms with E-state index in [4.69, 9.17) is 14.2 Å². The van der Waals surface area contributed by atoms with Crippen LogP contribution >= 0.6 is 0 Å². The lowest BCUT2D eigenvalue weighted by atomic mass is 10.0. The van der Waals surface area contributed by atoms with Crippen LogP contribution in [0.2, 0.25) is 0 Å². The first-order valence-corrected chi connectivity index (χ1v) is 8.52. The highest BCUT2D eigenvalue weighted by atomic mass is 19.1. The number of hydrogen-bond donors (Lipinski definition) is 0. The lowest BCUT2D eigenvalue weighted by molar-refractivity contribution is -0.150. The Morgan fingerprint density at radius 2 is 1.92 bits per heavy atom. The number of likely N-dealkylation sites (tertiary alicyclic amines) is 1. The van der Waals surface area contributed by atoms with E-state index in [1.807, 2.05) is 30.3 Å². The second-order valence-corrected chi connectivity index (χ2v) is 7.51. The number of hydrogen-bond acceptors (Lipinski definition) is 5. The maximum atomic E-state index is 14.9. The van der Waals surface area contributed by atoms with Crippen molar-refractivity contribution in [2.45, 2.75) is 51.1 Å². The minimum absolute atomic E-state index is 0.0574. The Kier molecular flexibility index (Phi) is 6.23. The summed E-state index contributed by atoms with van der Waals surface area (Å²) in [7, 11) is 1.38. The number of rotatable bonds is 5. The van der Waals surface area contributed by atoms with E-state index in [1.54, 1.807) is 20.8 Å². The fourth-order valence-corrected chi connectivity index (χ4v) is 2.85. The Morgan fingerprint density at radius 1 is 1.27 bits per heavy atom. The van der Waals surface area contributed by atoms with Gasteiger partial charge in [0, 0.05) is 13.5 Å². The average Bonchev–Trinajstić information content (AvgIpc) is 2.90. The van der Waals surface area contributed by atoms with E-state index >= 15 is 0 Å². The largest absolute Gasteiger partial charge is 0.459 e. The smallest absolute Gasteiger partial charge is 0.411 e. The minimum atomic E-state index is -1.82. The zero-order valence-corrected chi connectivity index (χ0v) is 15.7. The summed E-state index contributed by atoms with van der Waals surface area (Å²) < 4.78 is 30.5. The Morgan fingerprint density at radius 3 is 2.50 bits per heavy atom. The van der Waals surface area contributed by atoms with Crippen LogP contribution in [0.15, 0.2) is 30.3 Å². The van der Waals surface area contributed by atoms with Crippen LogP contribution < -0.4 is 0 Å². The average molecular weight is 367 g/mol. The maximum absolute atomic E-state index is 14.9. The van der Waals surface area contributed by atoms with Crippen LogP contribution in [0.4, 0.5) is 9.18 Å². The Bertz CT molecular complexity index is 631. The van der Waals surface area contributed by atoms with Crippen molar-refractivity contribution >= 4 is 12.1 Å². The van der Waals surface area contributed by atoms with Crippen LogP contribution in [0, 0.1) is 0 Å². The van der Waals surface area contributed by atoms with Crippen molar-refractivity contribution in [2.24, 2.45) is 0 Å². The van der Waals surface area contributed by atoms with Gasteiger partial charge in [0.15, 0.2) is 5.67 Å². The van der Waals surface area contributed by atoms with Crippen molar-refractivity contribution in [1.82, 2.24) is 4.90 Å². The van der Waals surface area contributed by atoms with Gasteiger partial charge in [-0.1, -0.05) is 30.3 Å². The number of ether oxygens (including phenoxy) is 3. The molecule has 0 bridgehead atoms. The van der Waals surface area contributed by atoms with E-state index in [9.17, 15) is 14.0 Å². The third-order valence-electron chi connectivity index (χ3n) is 3.92. The summed E-state index contributed by atoms with van der Waals surface area (Å²) in [4.78, 5) is 26.0. The molecule has 6 nitrogen and oxygen atoms in total. The standard InChI is InChI=1S/C19H26FNO5/c1-18(2,3)26-17(23)21-12-19(20,13-24-4)10-15(21)16(22)25-11-14-8-6-5-7-9-14/h5-9,15H,10-13H2,1-4H3/t15-,19-/m0/s1. The van der Waals surface area contributed by atoms with Gasteiger partial charge in [0.2, 0.25) is 0 Å². The van der Waals surface area contributed by atoms with E-state index in [0.717, 1.165) is 10.5 Å². The van der Waals surface area contributed by atoms with Crippen LogP contribution in [0.25, 0.3) is 0 Å². The van der Waals surface area contributed by atoms with Crippen LogP contribution in [0.5, 0.6) is 0 Å². The lowest BCUT2D eigenvalue weighted by Gasteiger charge is -2.27. The molecule has 1 aromatic rings. The quantitative estimate of drug-likeness (QED) is 0.748. The summed E-state index contributed by atoms with van der Waals surface area (Å²) >= 11 is 0. The van der Waals surface area contributed by atoms with Crippen molar-refractivity contribution in [3.63, 3.8) is 0 Å². The van der Waals surface area contributed by atoms with Crippen LogP contribution in [-0.4, -0.2) is 54.5 Å². The van der Waals surface area contributed by atoms with Gasteiger partial charge in [0.25, 0.3) is 0 Å². The summed E-state index contributed by atoms with van der Waals surface area (Å²) in [5.41, 5.74) is -1.76. The van der Waals surface area contributed by atoms with Crippen LogP contribution in [0.3, 0.4) is 0 Å². The van der Waals surface area contributed by atoms with Crippen molar-refractivity contribution in [1.29, 1.82) is 0 Å². The predicted molar refractivity (Wildman–Crippen MR) is 93.3 cm³/mol. The molecule has 0 unspecified atom stereocenters. The van der Waals surface area contributed by atoms with Gasteiger partial charge < -0.3 is 14.2 Å². The van der Waals surface area contributed by atoms with Crippen LogP contribution in [-0.2, 0) is 25.6 Å². The molecule has 7 heteroatoms. The zero-order valence-electron chi connectivity index (χ0n) is 15.7. The first-order valence-electron chi connectivity index (χ1n) is 8.52. The summed E-state index contributed by atoms with van der Waals surface area (Å²) in [5.74, 6) is -0.657. The molecular weight excluding hydrogens is 341 g/mol. The van der Waals surface area contributed by atoms with E-state index in [-0.39, 0.29) is 26.2 Å². The van der Waals surface area contributed by atoms with Gasteiger partial charge in [-0.2, -0.15) is 0 Å².